The standard InChI is InChI=1S/C19H19F3N2O4/c1-18(2,3)28-17(27)12-6-4-11(5-7-12)14-9-8-13(16(25)26)15(24-14)23-10-19(20,21)22/h4-9H,10H2,1-3H3,(H,23,24)(H,25,26). The zero-order chi connectivity index (χ0) is 21.1. The Morgan fingerprint density at radius 3 is 2.18 bits per heavy atom. The Morgan fingerprint density at radius 1 is 1.07 bits per heavy atom. The Morgan fingerprint density at radius 2 is 1.68 bits per heavy atom. The van der Waals surface area contributed by atoms with Gasteiger partial charge in [-0.1, -0.05) is 12.1 Å². The van der Waals surface area contributed by atoms with Crippen molar-refractivity contribution in [1.29, 1.82) is 0 Å². The van der Waals surface area contributed by atoms with Gasteiger partial charge in [0, 0.05) is 5.56 Å². The number of carbonyl (C=O) groups excluding carboxylic acids is 1. The Balaban J connectivity index is 2.29. The van der Waals surface area contributed by atoms with Crippen LogP contribution < -0.4 is 5.32 Å². The number of pyridine rings is 1. The van der Waals surface area contributed by atoms with Gasteiger partial charge in [0.1, 0.15) is 23.5 Å². The van der Waals surface area contributed by atoms with Gasteiger partial charge in [-0.15, -0.1) is 0 Å². The van der Waals surface area contributed by atoms with Crippen LogP contribution in [0.5, 0.6) is 0 Å². The highest BCUT2D eigenvalue weighted by Gasteiger charge is 2.28. The first-order valence-corrected chi connectivity index (χ1v) is 8.24. The third-order valence-electron chi connectivity index (χ3n) is 3.40. The molecule has 6 nitrogen and oxygen atoms in total. The number of carboxylic acid groups (broad SMARTS) is 1. The average molecular weight is 396 g/mol. The molecule has 2 rings (SSSR count). The van der Waals surface area contributed by atoms with E-state index < -0.39 is 36.1 Å². The van der Waals surface area contributed by atoms with Gasteiger partial charge in [-0.2, -0.15) is 13.2 Å². The van der Waals surface area contributed by atoms with Crippen molar-refractivity contribution in [3.05, 3.63) is 47.5 Å². The number of carboxylic acids is 1. The number of hydrogen-bond donors (Lipinski definition) is 2. The smallest absolute Gasteiger partial charge is 0.405 e. The summed E-state index contributed by atoms with van der Waals surface area (Å²) in [6, 6.07) is 8.65. The maximum atomic E-state index is 12.5. The molecule has 2 aromatic rings. The molecule has 150 valence electrons. The lowest BCUT2D eigenvalue weighted by Crippen LogP contribution is -2.23. The van der Waals surface area contributed by atoms with Crippen LogP contribution in [0.4, 0.5) is 19.0 Å². The Hall–Kier alpha value is -3.10. The normalized spacial score (nSPS) is 11.8. The minimum Gasteiger partial charge on any atom is -0.478 e. The van der Waals surface area contributed by atoms with Gasteiger partial charge >= 0.3 is 18.1 Å². The fourth-order valence-corrected chi connectivity index (χ4v) is 2.23. The number of ether oxygens (including phenoxy) is 1. The summed E-state index contributed by atoms with van der Waals surface area (Å²) in [6.45, 7) is 3.80. The van der Waals surface area contributed by atoms with Crippen molar-refractivity contribution in [2.45, 2.75) is 32.5 Å². The molecule has 0 amide bonds. The zero-order valence-electron chi connectivity index (χ0n) is 15.4. The Labute approximate surface area is 159 Å². The summed E-state index contributed by atoms with van der Waals surface area (Å²) in [7, 11) is 0. The van der Waals surface area contributed by atoms with Crippen LogP contribution in [0.25, 0.3) is 11.3 Å². The number of nitrogens with one attached hydrogen (secondary N) is 1. The van der Waals surface area contributed by atoms with Gasteiger partial charge in [0.2, 0.25) is 0 Å². The molecule has 0 fully saturated rings. The van der Waals surface area contributed by atoms with Crippen molar-refractivity contribution >= 4 is 17.8 Å². The molecule has 0 radical (unpaired) electrons. The first-order valence-electron chi connectivity index (χ1n) is 8.24. The van der Waals surface area contributed by atoms with Crippen molar-refractivity contribution in [3.8, 4) is 11.3 Å². The average Bonchev–Trinajstić information content (AvgIpc) is 2.57. The van der Waals surface area contributed by atoms with E-state index in [0.717, 1.165) is 0 Å². The number of aromatic nitrogens is 1. The molecule has 0 spiro atoms. The quantitative estimate of drug-likeness (QED) is 0.730. The van der Waals surface area contributed by atoms with Crippen molar-refractivity contribution < 1.29 is 32.6 Å². The fraction of sp³-hybridized carbons (Fsp3) is 0.316. The Bertz CT molecular complexity index is 872. The number of carbonyl (C=O) groups is 2. The van der Waals surface area contributed by atoms with Crippen LogP contribution in [-0.2, 0) is 4.74 Å². The predicted octanol–water partition coefficient (Wildman–Crippen LogP) is 4.38. The molecule has 28 heavy (non-hydrogen) atoms. The molecule has 0 bridgehead atoms. The topological polar surface area (TPSA) is 88.5 Å². The number of hydrogen-bond acceptors (Lipinski definition) is 5. The van der Waals surface area contributed by atoms with E-state index in [2.05, 4.69) is 4.98 Å². The molecule has 0 unspecified atom stereocenters. The lowest BCUT2D eigenvalue weighted by atomic mass is 10.1. The summed E-state index contributed by atoms with van der Waals surface area (Å²) in [4.78, 5) is 27.2. The van der Waals surface area contributed by atoms with Gasteiger partial charge < -0.3 is 15.2 Å². The molecular formula is C19H19F3N2O4. The van der Waals surface area contributed by atoms with Crippen molar-refractivity contribution in [2.75, 3.05) is 11.9 Å². The number of rotatable bonds is 5. The van der Waals surface area contributed by atoms with Gasteiger partial charge in [0.15, 0.2) is 0 Å². The van der Waals surface area contributed by atoms with Crippen LogP contribution in [0.15, 0.2) is 36.4 Å². The number of aromatic carboxylic acids is 1. The lowest BCUT2D eigenvalue weighted by Gasteiger charge is -2.19. The molecule has 1 aromatic heterocycles. The number of anilines is 1. The maximum absolute atomic E-state index is 12.5. The number of benzene rings is 1. The molecule has 0 aliphatic carbocycles. The summed E-state index contributed by atoms with van der Waals surface area (Å²) in [6.07, 6.45) is -4.53. The number of nitrogens with zero attached hydrogens (tertiary/aromatic N) is 1. The van der Waals surface area contributed by atoms with E-state index in [0.29, 0.717) is 11.1 Å². The molecule has 0 aliphatic heterocycles. The van der Waals surface area contributed by atoms with Gasteiger partial charge in [-0.25, -0.2) is 14.6 Å². The van der Waals surface area contributed by atoms with Gasteiger partial charge in [0.05, 0.1) is 11.3 Å². The molecule has 9 heteroatoms. The molecule has 0 saturated heterocycles. The predicted molar refractivity (Wildman–Crippen MR) is 96.3 cm³/mol. The molecule has 1 heterocycles. The summed E-state index contributed by atoms with van der Waals surface area (Å²) < 4.78 is 42.6. The van der Waals surface area contributed by atoms with Crippen molar-refractivity contribution in [2.24, 2.45) is 0 Å². The van der Waals surface area contributed by atoms with Crippen molar-refractivity contribution in [1.82, 2.24) is 4.98 Å². The molecule has 0 aliphatic rings. The van der Waals surface area contributed by atoms with Crippen LogP contribution in [0.2, 0.25) is 0 Å². The number of esters is 1. The third kappa shape index (κ3) is 5.97. The molecule has 2 N–H and O–H groups in total. The van der Waals surface area contributed by atoms with E-state index in [-0.39, 0.29) is 11.3 Å². The monoisotopic (exact) mass is 396 g/mol. The minimum atomic E-state index is -4.53. The SMILES string of the molecule is CC(C)(C)OC(=O)c1ccc(-c2ccc(C(=O)O)c(NCC(F)(F)F)n2)cc1. The van der Waals surface area contributed by atoms with Gasteiger partial charge in [0.25, 0.3) is 0 Å². The Kier molecular flexibility index (Phi) is 5.96. The first kappa shape index (κ1) is 21.2. The first-order chi connectivity index (χ1) is 12.9. The molecule has 1 aromatic carbocycles. The van der Waals surface area contributed by atoms with E-state index in [1.807, 2.05) is 5.32 Å². The van der Waals surface area contributed by atoms with E-state index in [4.69, 9.17) is 9.84 Å². The number of halogens is 3. The summed E-state index contributed by atoms with van der Waals surface area (Å²) in [5.41, 5.74) is 0.0302. The highest BCUT2D eigenvalue weighted by atomic mass is 19.4. The molecule has 0 saturated carbocycles. The summed E-state index contributed by atoms with van der Waals surface area (Å²) in [5.74, 6) is -2.30. The molecular weight excluding hydrogens is 377 g/mol. The van der Waals surface area contributed by atoms with E-state index >= 15 is 0 Å². The summed E-state index contributed by atoms with van der Waals surface area (Å²) in [5, 5.41) is 11.1. The zero-order valence-corrected chi connectivity index (χ0v) is 15.4. The van der Waals surface area contributed by atoms with E-state index in [1.165, 1.54) is 24.3 Å². The second kappa shape index (κ2) is 7.87. The van der Waals surface area contributed by atoms with Crippen LogP contribution in [0, 0.1) is 0 Å². The van der Waals surface area contributed by atoms with Gasteiger partial charge in [-0.3, -0.25) is 0 Å². The van der Waals surface area contributed by atoms with Crippen LogP contribution in [0.3, 0.4) is 0 Å². The highest BCUT2D eigenvalue weighted by Crippen LogP contribution is 2.24. The van der Waals surface area contributed by atoms with E-state index in [9.17, 15) is 22.8 Å². The minimum absolute atomic E-state index is 0.255. The second-order valence-corrected chi connectivity index (χ2v) is 6.95. The van der Waals surface area contributed by atoms with Crippen LogP contribution in [0.1, 0.15) is 41.5 Å². The number of alkyl halides is 3. The van der Waals surface area contributed by atoms with Crippen LogP contribution in [-0.4, -0.2) is 40.4 Å². The third-order valence-corrected chi connectivity index (χ3v) is 3.40. The van der Waals surface area contributed by atoms with Gasteiger partial charge in [-0.05, 0) is 45.0 Å². The fourth-order valence-electron chi connectivity index (χ4n) is 2.23. The summed E-state index contributed by atoms with van der Waals surface area (Å²) >= 11 is 0. The van der Waals surface area contributed by atoms with Crippen LogP contribution >= 0.6 is 0 Å². The largest absolute Gasteiger partial charge is 0.478 e. The lowest BCUT2D eigenvalue weighted by molar-refractivity contribution is -0.115. The highest BCUT2D eigenvalue weighted by molar-refractivity contribution is 5.94. The molecule has 0 atom stereocenters. The second-order valence-electron chi connectivity index (χ2n) is 6.95. The van der Waals surface area contributed by atoms with Crippen molar-refractivity contribution in [3.63, 3.8) is 0 Å². The maximum Gasteiger partial charge on any atom is 0.405 e. The van der Waals surface area contributed by atoms with E-state index in [1.54, 1.807) is 32.9 Å².